The van der Waals surface area contributed by atoms with E-state index < -0.39 is 11.0 Å². The predicted octanol–water partition coefficient (Wildman–Crippen LogP) is 2.03. The van der Waals surface area contributed by atoms with E-state index in [2.05, 4.69) is 10.3 Å². The van der Waals surface area contributed by atoms with E-state index in [1.807, 2.05) is 31.2 Å². The molecular formula is C18H19N3O3S. The highest BCUT2D eigenvalue weighted by Gasteiger charge is 2.17. The number of nitrogens with one attached hydrogen (secondary N) is 1. The molecule has 3 rings (SSSR count). The summed E-state index contributed by atoms with van der Waals surface area (Å²) in [6.07, 6.45) is 3.18. The van der Waals surface area contributed by atoms with Gasteiger partial charge in [0.05, 0.1) is 17.1 Å². The van der Waals surface area contributed by atoms with E-state index in [0.29, 0.717) is 21.5 Å². The Kier molecular flexibility index (Phi) is 4.96. The molecule has 2 aromatic heterocycles. The fourth-order valence-electron chi connectivity index (χ4n) is 2.46. The van der Waals surface area contributed by atoms with Crippen molar-refractivity contribution in [3.63, 3.8) is 0 Å². The lowest BCUT2D eigenvalue weighted by atomic mass is 10.1. The minimum Gasteiger partial charge on any atom is -0.394 e. The summed E-state index contributed by atoms with van der Waals surface area (Å²) in [6.45, 7) is 3.55. The molecule has 2 heterocycles. The summed E-state index contributed by atoms with van der Waals surface area (Å²) in [6, 6.07) is 10.4. The quantitative estimate of drug-likeness (QED) is 0.732. The van der Waals surface area contributed by atoms with Crippen LogP contribution < -0.4 is 5.32 Å². The van der Waals surface area contributed by atoms with Gasteiger partial charge in [0, 0.05) is 23.8 Å². The summed E-state index contributed by atoms with van der Waals surface area (Å²) in [7, 11) is -1.45. The second-order valence-corrected chi connectivity index (χ2v) is 7.22. The summed E-state index contributed by atoms with van der Waals surface area (Å²) in [5.41, 5.74) is 2.00. The fraction of sp³-hybridized carbons (Fsp3) is 0.222. The van der Waals surface area contributed by atoms with Gasteiger partial charge in [0.1, 0.15) is 0 Å². The molecule has 0 bridgehead atoms. The molecule has 25 heavy (non-hydrogen) atoms. The number of carbonyl (C=O) groups is 1. The van der Waals surface area contributed by atoms with Crippen molar-refractivity contribution in [2.45, 2.75) is 24.8 Å². The van der Waals surface area contributed by atoms with Crippen molar-refractivity contribution in [3.8, 4) is 0 Å². The number of aryl methyl sites for hydroxylation is 1. The van der Waals surface area contributed by atoms with E-state index in [9.17, 15) is 9.00 Å². The lowest BCUT2D eigenvalue weighted by molar-refractivity contribution is 0.0924. The van der Waals surface area contributed by atoms with Crippen LogP contribution in [0.5, 0.6) is 0 Å². The summed E-state index contributed by atoms with van der Waals surface area (Å²) >= 11 is 0. The van der Waals surface area contributed by atoms with E-state index in [-0.39, 0.29) is 18.6 Å². The molecule has 0 radical (unpaired) electrons. The molecule has 0 fully saturated rings. The summed E-state index contributed by atoms with van der Waals surface area (Å²) in [5.74, 6) is -0.298. The molecule has 0 aliphatic heterocycles. The normalized spacial score (nSPS) is 13.6. The number of rotatable bonds is 5. The van der Waals surface area contributed by atoms with Crippen LogP contribution in [0.15, 0.2) is 53.7 Å². The second-order valence-electron chi connectivity index (χ2n) is 5.86. The van der Waals surface area contributed by atoms with Gasteiger partial charge < -0.3 is 10.4 Å². The zero-order chi connectivity index (χ0) is 18.0. The molecule has 1 amide bonds. The maximum atomic E-state index is 12.8. The van der Waals surface area contributed by atoms with Gasteiger partial charge in [-0.25, -0.2) is 13.2 Å². The van der Waals surface area contributed by atoms with Crippen LogP contribution >= 0.6 is 0 Å². The lowest BCUT2D eigenvalue weighted by Gasteiger charge is -2.11. The standard InChI is InChI=1S/C18H19N3O3S/c1-12-3-5-14(6-4-12)25(24)21-10-8-15-16(7-9-19-17(15)21)18(23)20-13(2)11-22/h3-10,13,22H,11H2,1-2H3,(H,20,23)/t13-,25?/m1/s1. The molecule has 0 saturated heterocycles. The summed E-state index contributed by atoms with van der Waals surface area (Å²) < 4.78 is 14.4. The Labute approximate surface area is 148 Å². The van der Waals surface area contributed by atoms with E-state index in [1.165, 1.54) is 6.20 Å². The summed E-state index contributed by atoms with van der Waals surface area (Å²) in [4.78, 5) is 17.3. The number of fused-ring (bicyclic) bond motifs is 1. The number of amides is 1. The van der Waals surface area contributed by atoms with Crippen LogP contribution in [0.2, 0.25) is 0 Å². The number of hydrogen-bond donors (Lipinski definition) is 2. The first-order valence-electron chi connectivity index (χ1n) is 7.88. The molecule has 3 aromatic rings. The Morgan fingerprint density at radius 2 is 2.00 bits per heavy atom. The van der Waals surface area contributed by atoms with Crippen LogP contribution in [0.4, 0.5) is 0 Å². The van der Waals surface area contributed by atoms with Crippen molar-refractivity contribution >= 4 is 27.9 Å². The van der Waals surface area contributed by atoms with E-state index in [4.69, 9.17) is 5.11 Å². The van der Waals surface area contributed by atoms with Crippen molar-refractivity contribution in [1.82, 2.24) is 14.3 Å². The Balaban J connectivity index is 1.99. The van der Waals surface area contributed by atoms with Crippen molar-refractivity contribution in [2.24, 2.45) is 0 Å². The van der Waals surface area contributed by atoms with Crippen LogP contribution in [0.3, 0.4) is 0 Å². The molecular weight excluding hydrogens is 338 g/mol. The van der Waals surface area contributed by atoms with Crippen molar-refractivity contribution in [3.05, 3.63) is 59.9 Å². The molecule has 0 aliphatic rings. The second kappa shape index (κ2) is 7.16. The van der Waals surface area contributed by atoms with Crippen LogP contribution in [0.1, 0.15) is 22.8 Å². The first-order valence-corrected chi connectivity index (χ1v) is 8.98. The van der Waals surface area contributed by atoms with Gasteiger partial charge in [-0.2, -0.15) is 0 Å². The van der Waals surface area contributed by atoms with Crippen molar-refractivity contribution in [1.29, 1.82) is 0 Å². The predicted molar refractivity (Wildman–Crippen MR) is 96.7 cm³/mol. The maximum absolute atomic E-state index is 12.8. The van der Waals surface area contributed by atoms with Gasteiger partial charge in [-0.1, -0.05) is 17.7 Å². The van der Waals surface area contributed by atoms with Gasteiger partial charge in [-0.15, -0.1) is 0 Å². The lowest BCUT2D eigenvalue weighted by Crippen LogP contribution is -2.35. The number of pyridine rings is 1. The first-order chi connectivity index (χ1) is 12.0. The minimum atomic E-state index is -1.45. The topological polar surface area (TPSA) is 84.2 Å². The van der Waals surface area contributed by atoms with Crippen LogP contribution in [-0.2, 0) is 11.0 Å². The Hall–Kier alpha value is -2.51. The van der Waals surface area contributed by atoms with Gasteiger partial charge in [0.25, 0.3) is 5.91 Å². The number of aliphatic hydroxyl groups excluding tert-OH is 1. The zero-order valence-electron chi connectivity index (χ0n) is 14.0. The smallest absolute Gasteiger partial charge is 0.252 e. The highest BCUT2D eigenvalue weighted by molar-refractivity contribution is 7.83. The Morgan fingerprint density at radius 3 is 2.68 bits per heavy atom. The van der Waals surface area contributed by atoms with Crippen LogP contribution in [0, 0.1) is 6.92 Å². The molecule has 2 N–H and O–H groups in total. The minimum absolute atomic E-state index is 0.140. The first kappa shape index (κ1) is 17.3. The van der Waals surface area contributed by atoms with Gasteiger partial charge in [-0.05, 0) is 38.1 Å². The highest BCUT2D eigenvalue weighted by Crippen LogP contribution is 2.21. The fourth-order valence-corrected chi connectivity index (χ4v) is 3.53. The number of benzene rings is 1. The average molecular weight is 357 g/mol. The summed E-state index contributed by atoms with van der Waals surface area (Å²) in [5, 5.41) is 12.4. The maximum Gasteiger partial charge on any atom is 0.252 e. The van der Waals surface area contributed by atoms with Crippen LogP contribution in [-0.4, -0.2) is 36.8 Å². The van der Waals surface area contributed by atoms with E-state index >= 15 is 0 Å². The van der Waals surface area contributed by atoms with Crippen LogP contribution in [0.25, 0.3) is 11.0 Å². The van der Waals surface area contributed by atoms with Gasteiger partial charge in [0.15, 0.2) is 16.6 Å². The molecule has 2 atom stereocenters. The highest BCUT2D eigenvalue weighted by atomic mass is 32.2. The monoisotopic (exact) mass is 357 g/mol. The molecule has 1 unspecified atom stereocenters. The van der Waals surface area contributed by atoms with Gasteiger partial charge in [-0.3, -0.25) is 4.79 Å². The number of aromatic nitrogens is 2. The largest absolute Gasteiger partial charge is 0.394 e. The molecule has 130 valence electrons. The molecule has 7 heteroatoms. The van der Waals surface area contributed by atoms with E-state index in [0.717, 1.165) is 5.56 Å². The molecule has 0 aliphatic carbocycles. The van der Waals surface area contributed by atoms with Crippen molar-refractivity contribution < 1.29 is 14.1 Å². The SMILES string of the molecule is Cc1ccc(S(=O)n2ccc3c(C(=O)N[C@H](C)CO)ccnc32)cc1. The third-order valence-corrected chi connectivity index (χ3v) is 5.18. The third kappa shape index (κ3) is 3.47. The van der Waals surface area contributed by atoms with Crippen molar-refractivity contribution in [2.75, 3.05) is 6.61 Å². The Morgan fingerprint density at radius 1 is 1.28 bits per heavy atom. The molecule has 6 nitrogen and oxygen atoms in total. The number of nitrogens with zero attached hydrogens (tertiary/aromatic N) is 2. The van der Waals surface area contributed by atoms with Gasteiger partial charge >= 0.3 is 0 Å². The number of hydrogen-bond acceptors (Lipinski definition) is 4. The zero-order valence-corrected chi connectivity index (χ0v) is 14.8. The van der Waals surface area contributed by atoms with Gasteiger partial charge in [0.2, 0.25) is 0 Å². The number of aliphatic hydroxyl groups is 1. The molecule has 1 aromatic carbocycles. The van der Waals surface area contributed by atoms with E-state index in [1.54, 1.807) is 29.2 Å². The third-order valence-electron chi connectivity index (χ3n) is 3.85. The Bertz CT molecular complexity index is 934. The average Bonchev–Trinajstić information content (AvgIpc) is 3.05. The number of carbonyl (C=O) groups excluding carboxylic acids is 1. The molecule has 0 saturated carbocycles. The molecule has 0 spiro atoms.